The van der Waals surface area contributed by atoms with Gasteiger partial charge in [-0.25, -0.2) is 0 Å². The van der Waals surface area contributed by atoms with Gasteiger partial charge in [0.25, 0.3) is 0 Å². The average molecular weight is 269 g/mol. The third-order valence-corrected chi connectivity index (χ3v) is 3.57. The summed E-state index contributed by atoms with van der Waals surface area (Å²) in [6, 6.07) is 7.84. The van der Waals surface area contributed by atoms with Gasteiger partial charge in [0.1, 0.15) is 17.8 Å². The molecule has 1 aromatic rings. The molecule has 0 aliphatic carbocycles. The van der Waals surface area contributed by atoms with E-state index in [1.54, 1.807) is 24.3 Å². The minimum Gasteiger partial charge on any atom is -0.394 e. The van der Waals surface area contributed by atoms with Crippen LogP contribution < -0.4 is 5.73 Å². The average Bonchev–Trinajstić information content (AvgIpc) is 2.42. The van der Waals surface area contributed by atoms with Gasteiger partial charge in [-0.05, 0) is 5.56 Å². The van der Waals surface area contributed by atoms with E-state index in [-0.39, 0.29) is 6.42 Å². The predicted octanol–water partition coefficient (Wildman–Crippen LogP) is -1.64. The zero-order chi connectivity index (χ0) is 14.0. The van der Waals surface area contributed by atoms with Gasteiger partial charge < -0.3 is 30.9 Å². The highest BCUT2D eigenvalue weighted by atomic mass is 16.6. The number of aliphatic hydroxyl groups is 4. The maximum absolute atomic E-state index is 10.6. The van der Waals surface area contributed by atoms with Crippen molar-refractivity contribution < 1.29 is 25.2 Å². The maximum Gasteiger partial charge on any atom is 0.173 e. The number of hydrogen-bond donors (Lipinski definition) is 5. The van der Waals surface area contributed by atoms with Crippen molar-refractivity contribution in [2.75, 3.05) is 6.61 Å². The lowest BCUT2D eigenvalue weighted by Gasteiger charge is -2.47. The van der Waals surface area contributed by atoms with Crippen molar-refractivity contribution >= 4 is 0 Å². The Morgan fingerprint density at radius 3 is 2.42 bits per heavy atom. The molecule has 6 heteroatoms. The highest BCUT2D eigenvalue weighted by Crippen LogP contribution is 2.31. The molecular weight excluding hydrogens is 250 g/mol. The third-order valence-electron chi connectivity index (χ3n) is 3.57. The summed E-state index contributed by atoms with van der Waals surface area (Å²) in [5.41, 5.74) is 4.76. The summed E-state index contributed by atoms with van der Waals surface area (Å²) >= 11 is 0. The van der Waals surface area contributed by atoms with Gasteiger partial charge in [-0.3, -0.25) is 0 Å². The topological polar surface area (TPSA) is 116 Å². The van der Waals surface area contributed by atoms with Crippen LogP contribution in [0.25, 0.3) is 0 Å². The lowest BCUT2D eigenvalue weighted by Crippen LogP contribution is -2.70. The van der Waals surface area contributed by atoms with Gasteiger partial charge in [0, 0.05) is 6.42 Å². The fourth-order valence-corrected chi connectivity index (χ4v) is 2.39. The summed E-state index contributed by atoms with van der Waals surface area (Å²) < 4.78 is 4.96. The molecule has 0 radical (unpaired) electrons. The molecule has 1 heterocycles. The molecule has 106 valence electrons. The number of aliphatic hydroxyl groups excluding tert-OH is 3. The fraction of sp³-hybridized carbons (Fsp3) is 0.538. The van der Waals surface area contributed by atoms with E-state index in [0.717, 1.165) is 5.56 Å². The van der Waals surface area contributed by atoms with E-state index in [9.17, 15) is 15.3 Å². The van der Waals surface area contributed by atoms with Gasteiger partial charge in [0.05, 0.1) is 12.6 Å². The van der Waals surface area contributed by atoms with E-state index in [4.69, 9.17) is 15.6 Å². The molecule has 0 spiro atoms. The lowest BCUT2D eigenvalue weighted by atomic mass is 9.78. The molecule has 0 saturated carbocycles. The number of benzene rings is 1. The van der Waals surface area contributed by atoms with Crippen LogP contribution in [0.2, 0.25) is 0 Å². The largest absolute Gasteiger partial charge is 0.394 e. The van der Waals surface area contributed by atoms with Crippen LogP contribution >= 0.6 is 0 Å². The molecule has 6 nitrogen and oxygen atoms in total. The summed E-state index contributed by atoms with van der Waals surface area (Å²) in [6.45, 7) is -0.512. The van der Waals surface area contributed by atoms with Crippen LogP contribution in [-0.2, 0) is 11.2 Å². The number of hydrogen-bond acceptors (Lipinski definition) is 6. The molecule has 0 amide bonds. The first-order valence-corrected chi connectivity index (χ1v) is 6.13. The third kappa shape index (κ3) is 2.64. The molecule has 1 fully saturated rings. The molecule has 1 unspecified atom stereocenters. The van der Waals surface area contributed by atoms with E-state index in [1.165, 1.54) is 0 Å². The second-order valence-corrected chi connectivity index (χ2v) is 4.87. The Labute approximate surface area is 111 Å². The molecule has 0 bridgehead atoms. The first-order chi connectivity index (χ1) is 8.99. The van der Waals surface area contributed by atoms with Crippen molar-refractivity contribution in [3.63, 3.8) is 0 Å². The monoisotopic (exact) mass is 269 g/mol. The van der Waals surface area contributed by atoms with Crippen molar-refractivity contribution in [3.8, 4) is 0 Å². The molecule has 0 aromatic heterocycles. The van der Waals surface area contributed by atoms with E-state index >= 15 is 0 Å². The van der Waals surface area contributed by atoms with Gasteiger partial charge in [0.2, 0.25) is 0 Å². The number of nitrogens with two attached hydrogens (primary N) is 1. The van der Waals surface area contributed by atoms with Crippen molar-refractivity contribution in [1.82, 2.24) is 0 Å². The first-order valence-electron chi connectivity index (χ1n) is 6.13. The molecule has 2 rings (SSSR count). The maximum atomic E-state index is 10.6. The molecular formula is C13H19NO5. The van der Waals surface area contributed by atoms with Crippen LogP contribution in [0.3, 0.4) is 0 Å². The molecule has 1 aliphatic rings. The predicted molar refractivity (Wildman–Crippen MR) is 67.0 cm³/mol. The van der Waals surface area contributed by atoms with Gasteiger partial charge in [-0.2, -0.15) is 0 Å². The van der Waals surface area contributed by atoms with Crippen LogP contribution in [0.1, 0.15) is 5.56 Å². The molecule has 1 aliphatic heterocycles. The minimum atomic E-state index is -1.76. The van der Waals surface area contributed by atoms with Gasteiger partial charge in [-0.1, -0.05) is 30.3 Å². The smallest absolute Gasteiger partial charge is 0.173 e. The minimum absolute atomic E-state index is 0.0626. The number of ether oxygens (including phenoxy) is 1. The van der Waals surface area contributed by atoms with Crippen molar-refractivity contribution in [2.24, 2.45) is 5.73 Å². The molecule has 1 aromatic carbocycles. The first kappa shape index (κ1) is 14.4. The Hall–Kier alpha value is -1.02. The van der Waals surface area contributed by atoms with Crippen LogP contribution in [0.4, 0.5) is 0 Å². The summed E-state index contributed by atoms with van der Waals surface area (Å²) in [5.74, 6) is 0. The van der Waals surface area contributed by atoms with E-state index in [0.29, 0.717) is 0 Å². The lowest BCUT2D eigenvalue weighted by molar-refractivity contribution is -0.282. The Morgan fingerprint density at radius 1 is 1.21 bits per heavy atom. The Balaban J connectivity index is 2.26. The van der Waals surface area contributed by atoms with Crippen molar-refractivity contribution in [2.45, 2.75) is 36.6 Å². The zero-order valence-electron chi connectivity index (χ0n) is 10.4. The Bertz CT molecular complexity index is 415. The second-order valence-electron chi connectivity index (χ2n) is 4.87. The Kier molecular flexibility index (Phi) is 4.19. The molecule has 6 N–H and O–H groups in total. The summed E-state index contributed by atoms with van der Waals surface area (Å²) in [4.78, 5) is 0. The van der Waals surface area contributed by atoms with Gasteiger partial charge in [-0.15, -0.1) is 0 Å². The van der Waals surface area contributed by atoms with Crippen LogP contribution in [0.15, 0.2) is 30.3 Å². The Morgan fingerprint density at radius 2 is 1.84 bits per heavy atom. The van der Waals surface area contributed by atoms with Crippen molar-refractivity contribution in [3.05, 3.63) is 35.9 Å². The van der Waals surface area contributed by atoms with Crippen LogP contribution in [-0.4, -0.2) is 57.2 Å². The van der Waals surface area contributed by atoms with Gasteiger partial charge >= 0.3 is 0 Å². The molecule has 19 heavy (non-hydrogen) atoms. The van der Waals surface area contributed by atoms with Crippen LogP contribution in [0, 0.1) is 0 Å². The van der Waals surface area contributed by atoms with Gasteiger partial charge in [0.15, 0.2) is 6.29 Å². The summed E-state index contributed by atoms with van der Waals surface area (Å²) in [7, 11) is 0. The normalized spacial score (nSPS) is 39.2. The molecule has 5 atom stereocenters. The molecule has 1 saturated heterocycles. The zero-order valence-corrected chi connectivity index (χ0v) is 10.4. The number of rotatable bonds is 3. The standard InChI is InChI=1S/C13H19NO5/c14-10-12(17)19-9(7-15)11(16)13(10,18)6-8-4-2-1-3-5-8/h1-5,9-12,15-18H,6-7,14H2/t9-,10+,11-,12?,13-/m1/s1. The SMILES string of the molecule is N[C@H]1C(O)O[C@H](CO)[C@@H](O)[C@@]1(O)Cc1ccccc1. The highest BCUT2D eigenvalue weighted by Gasteiger charge is 2.53. The van der Waals surface area contributed by atoms with Crippen LogP contribution in [0.5, 0.6) is 0 Å². The quantitative estimate of drug-likeness (QED) is 0.449. The van der Waals surface area contributed by atoms with E-state index in [2.05, 4.69) is 0 Å². The van der Waals surface area contributed by atoms with Crippen molar-refractivity contribution in [1.29, 1.82) is 0 Å². The van der Waals surface area contributed by atoms with E-state index < -0.39 is 36.7 Å². The summed E-state index contributed by atoms with van der Waals surface area (Å²) in [5, 5.41) is 39.5. The summed E-state index contributed by atoms with van der Waals surface area (Å²) in [6.07, 6.45) is -3.82. The second kappa shape index (κ2) is 5.54. The highest BCUT2D eigenvalue weighted by molar-refractivity contribution is 5.20. The fourth-order valence-electron chi connectivity index (χ4n) is 2.39. The van der Waals surface area contributed by atoms with E-state index in [1.807, 2.05) is 6.07 Å².